The van der Waals surface area contributed by atoms with E-state index in [9.17, 15) is 14.4 Å². The molecule has 2 aromatic carbocycles. The van der Waals surface area contributed by atoms with E-state index in [0.29, 0.717) is 16.8 Å². The Labute approximate surface area is 194 Å². The Morgan fingerprint density at radius 2 is 1.58 bits per heavy atom. The van der Waals surface area contributed by atoms with Gasteiger partial charge in [-0.15, -0.1) is 0 Å². The summed E-state index contributed by atoms with van der Waals surface area (Å²) >= 11 is 0. The van der Waals surface area contributed by atoms with Crippen LogP contribution in [0.5, 0.6) is 0 Å². The van der Waals surface area contributed by atoms with Crippen LogP contribution in [0.1, 0.15) is 64.7 Å². The SMILES string of the molecule is CCCCn1nc(C)c(NC(=O)c2ccc(NC(=O)CCC(=O)c3ccccc3)cc2)c1C. The highest BCUT2D eigenvalue weighted by atomic mass is 16.2. The number of nitrogens with one attached hydrogen (secondary N) is 2. The van der Waals surface area contributed by atoms with Gasteiger partial charge in [-0.3, -0.25) is 19.1 Å². The molecule has 2 N–H and O–H groups in total. The molecule has 0 bridgehead atoms. The van der Waals surface area contributed by atoms with Gasteiger partial charge in [0.2, 0.25) is 5.91 Å². The van der Waals surface area contributed by atoms with Gasteiger partial charge in [0.1, 0.15) is 0 Å². The molecule has 2 amide bonds. The van der Waals surface area contributed by atoms with E-state index >= 15 is 0 Å². The van der Waals surface area contributed by atoms with E-state index in [1.807, 2.05) is 24.6 Å². The molecule has 0 aliphatic carbocycles. The molecule has 0 saturated heterocycles. The predicted molar refractivity (Wildman–Crippen MR) is 130 cm³/mol. The standard InChI is InChI=1S/C26H30N4O3/c1-4-5-17-30-19(3)25(18(2)29-30)28-26(33)21-11-13-22(14-12-21)27-24(32)16-15-23(31)20-9-7-6-8-10-20/h6-14H,4-5,15-17H2,1-3H3,(H,27,32)(H,28,33). The second-order valence-corrected chi connectivity index (χ2v) is 7.99. The number of hydrogen-bond acceptors (Lipinski definition) is 4. The predicted octanol–water partition coefficient (Wildman–Crippen LogP) is 5.15. The first kappa shape index (κ1) is 23.9. The van der Waals surface area contributed by atoms with Crippen LogP contribution in [0.2, 0.25) is 0 Å². The molecule has 1 aromatic heterocycles. The third-order valence-corrected chi connectivity index (χ3v) is 5.45. The van der Waals surface area contributed by atoms with Crippen LogP contribution in [0.4, 0.5) is 11.4 Å². The fraction of sp³-hybridized carbons (Fsp3) is 0.308. The Morgan fingerprint density at radius 1 is 0.879 bits per heavy atom. The highest BCUT2D eigenvalue weighted by Gasteiger charge is 2.15. The van der Waals surface area contributed by atoms with Crippen molar-refractivity contribution in [2.45, 2.75) is 53.0 Å². The van der Waals surface area contributed by atoms with Gasteiger partial charge in [0.15, 0.2) is 5.78 Å². The maximum absolute atomic E-state index is 12.7. The van der Waals surface area contributed by atoms with Crippen molar-refractivity contribution in [1.29, 1.82) is 0 Å². The number of carbonyl (C=O) groups is 3. The number of Topliss-reactive ketones (excluding diaryl/α,β-unsaturated/α-hetero) is 1. The zero-order valence-electron chi connectivity index (χ0n) is 19.4. The molecule has 0 fully saturated rings. The van der Waals surface area contributed by atoms with Crippen molar-refractivity contribution in [3.8, 4) is 0 Å². The summed E-state index contributed by atoms with van der Waals surface area (Å²) in [5.74, 6) is -0.550. The first-order valence-corrected chi connectivity index (χ1v) is 11.2. The van der Waals surface area contributed by atoms with E-state index < -0.39 is 0 Å². The van der Waals surface area contributed by atoms with Crippen LogP contribution in [0.3, 0.4) is 0 Å². The van der Waals surface area contributed by atoms with Gasteiger partial charge in [0.05, 0.1) is 17.1 Å². The molecule has 0 saturated carbocycles. The van der Waals surface area contributed by atoms with Crippen molar-refractivity contribution in [2.75, 3.05) is 10.6 Å². The lowest BCUT2D eigenvalue weighted by molar-refractivity contribution is -0.116. The zero-order chi connectivity index (χ0) is 23.8. The quantitative estimate of drug-likeness (QED) is 0.421. The van der Waals surface area contributed by atoms with Crippen molar-refractivity contribution in [3.63, 3.8) is 0 Å². The third-order valence-electron chi connectivity index (χ3n) is 5.45. The summed E-state index contributed by atoms with van der Waals surface area (Å²) in [6.45, 7) is 6.79. The maximum atomic E-state index is 12.7. The highest BCUT2D eigenvalue weighted by Crippen LogP contribution is 2.21. The fourth-order valence-electron chi connectivity index (χ4n) is 3.51. The second-order valence-electron chi connectivity index (χ2n) is 7.99. The molecule has 172 valence electrons. The lowest BCUT2D eigenvalue weighted by atomic mass is 10.1. The van der Waals surface area contributed by atoms with Gasteiger partial charge < -0.3 is 10.6 Å². The first-order chi connectivity index (χ1) is 15.9. The van der Waals surface area contributed by atoms with Gasteiger partial charge in [-0.1, -0.05) is 43.7 Å². The Morgan fingerprint density at radius 3 is 2.24 bits per heavy atom. The van der Waals surface area contributed by atoms with Gasteiger partial charge in [-0.25, -0.2) is 0 Å². The fourth-order valence-corrected chi connectivity index (χ4v) is 3.51. The van der Waals surface area contributed by atoms with E-state index in [-0.39, 0.29) is 30.4 Å². The van der Waals surface area contributed by atoms with E-state index in [1.54, 1.807) is 48.5 Å². The van der Waals surface area contributed by atoms with Crippen molar-refractivity contribution in [3.05, 3.63) is 77.1 Å². The minimum absolute atomic E-state index is 0.0682. The summed E-state index contributed by atoms with van der Waals surface area (Å²) in [6.07, 6.45) is 2.34. The molecular formula is C26H30N4O3. The molecule has 0 atom stereocenters. The number of ketones is 1. The van der Waals surface area contributed by atoms with Crippen LogP contribution in [0.15, 0.2) is 54.6 Å². The number of benzene rings is 2. The van der Waals surface area contributed by atoms with Crippen LogP contribution < -0.4 is 10.6 Å². The van der Waals surface area contributed by atoms with E-state index in [2.05, 4.69) is 22.7 Å². The third kappa shape index (κ3) is 6.38. The molecule has 7 heteroatoms. The number of carbonyl (C=O) groups excluding carboxylic acids is 3. The van der Waals surface area contributed by atoms with Crippen molar-refractivity contribution in [2.24, 2.45) is 0 Å². The lowest BCUT2D eigenvalue weighted by Crippen LogP contribution is -2.15. The van der Waals surface area contributed by atoms with Crippen molar-refractivity contribution in [1.82, 2.24) is 9.78 Å². The number of aromatic nitrogens is 2. The average Bonchev–Trinajstić information content (AvgIpc) is 3.09. The number of nitrogens with zero attached hydrogens (tertiary/aromatic N) is 2. The van der Waals surface area contributed by atoms with Crippen LogP contribution in [-0.2, 0) is 11.3 Å². The Hall–Kier alpha value is -3.74. The minimum Gasteiger partial charge on any atom is -0.326 e. The van der Waals surface area contributed by atoms with Gasteiger partial charge >= 0.3 is 0 Å². The van der Waals surface area contributed by atoms with Crippen LogP contribution >= 0.6 is 0 Å². The smallest absolute Gasteiger partial charge is 0.255 e. The molecule has 3 rings (SSSR count). The van der Waals surface area contributed by atoms with Gasteiger partial charge in [-0.05, 0) is 44.5 Å². The van der Waals surface area contributed by atoms with Gasteiger partial charge in [0, 0.05) is 36.2 Å². The van der Waals surface area contributed by atoms with Crippen LogP contribution in [0.25, 0.3) is 0 Å². The molecule has 1 heterocycles. The Bertz CT molecular complexity index is 1120. The van der Waals surface area contributed by atoms with Crippen molar-refractivity contribution < 1.29 is 14.4 Å². The molecule has 0 aliphatic heterocycles. The molecule has 7 nitrogen and oxygen atoms in total. The number of unbranched alkanes of at least 4 members (excludes halogenated alkanes) is 1. The summed E-state index contributed by atoms with van der Waals surface area (Å²) in [4.78, 5) is 37.1. The molecule has 0 spiro atoms. The summed E-state index contributed by atoms with van der Waals surface area (Å²) in [5.41, 5.74) is 4.10. The molecule has 3 aromatic rings. The van der Waals surface area contributed by atoms with E-state index in [1.165, 1.54) is 0 Å². The number of anilines is 2. The summed E-state index contributed by atoms with van der Waals surface area (Å²) < 4.78 is 1.93. The maximum Gasteiger partial charge on any atom is 0.255 e. The second kappa shape index (κ2) is 11.2. The average molecular weight is 447 g/mol. The van der Waals surface area contributed by atoms with E-state index in [4.69, 9.17) is 0 Å². The normalized spacial score (nSPS) is 10.6. The molecule has 33 heavy (non-hydrogen) atoms. The molecule has 0 aliphatic rings. The Kier molecular flexibility index (Phi) is 8.13. The van der Waals surface area contributed by atoms with Crippen LogP contribution in [0, 0.1) is 13.8 Å². The molecule has 0 unspecified atom stereocenters. The number of hydrogen-bond donors (Lipinski definition) is 2. The minimum atomic E-state index is -0.248. The number of aryl methyl sites for hydroxylation is 2. The highest BCUT2D eigenvalue weighted by molar-refractivity contribution is 6.05. The summed E-state index contributed by atoms with van der Waals surface area (Å²) in [7, 11) is 0. The Balaban J connectivity index is 1.54. The molecule has 0 radical (unpaired) electrons. The van der Waals surface area contributed by atoms with Gasteiger partial charge in [0.25, 0.3) is 5.91 Å². The van der Waals surface area contributed by atoms with E-state index in [0.717, 1.165) is 36.5 Å². The topological polar surface area (TPSA) is 93.1 Å². The summed E-state index contributed by atoms with van der Waals surface area (Å²) in [5, 5.41) is 10.2. The monoisotopic (exact) mass is 446 g/mol. The lowest BCUT2D eigenvalue weighted by Gasteiger charge is -2.09. The summed E-state index contributed by atoms with van der Waals surface area (Å²) in [6, 6.07) is 15.6. The first-order valence-electron chi connectivity index (χ1n) is 11.2. The largest absolute Gasteiger partial charge is 0.326 e. The van der Waals surface area contributed by atoms with Crippen LogP contribution in [-0.4, -0.2) is 27.4 Å². The number of rotatable bonds is 10. The van der Waals surface area contributed by atoms with Gasteiger partial charge in [-0.2, -0.15) is 5.10 Å². The molecular weight excluding hydrogens is 416 g/mol. The number of amides is 2. The van der Waals surface area contributed by atoms with Crippen molar-refractivity contribution >= 4 is 29.0 Å². The zero-order valence-corrected chi connectivity index (χ0v) is 19.4.